The van der Waals surface area contributed by atoms with Gasteiger partial charge < -0.3 is 10.6 Å². The van der Waals surface area contributed by atoms with Crippen molar-refractivity contribution in [1.82, 2.24) is 10.7 Å². The number of hydrazone groups is 1. The minimum atomic E-state index is -0.846. The highest BCUT2D eigenvalue weighted by atomic mass is 35.5. The average Bonchev–Trinajstić information content (AvgIpc) is 2.56. The van der Waals surface area contributed by atoms with Gasteiger partial charge in [-0.15, -0.1) is 0 Å². The molecule has 0 spiro atoms. The predicted molar refractivity (Wildman–Crippen MR) is 105 cm³/mol. The Bertz CT molecular complexity index is 838. The third kappa shape index (κ3) is 6.06. The quantitative estimate of drug-likeness (QED) is 0.412. The Hall–Kier alpha value is -2.57. The van der Waals surface area contributed by atoms with Crippen LogP contribution in [0.1, 0.15) is 19.4 Å². The van der Waals surface area contributed by atoms with Crippen molar-refractivity contribution in [3.63, 3.8) is 0 Å². The van der Waals surface area contributed by atoms with Gasteiger partial charge in [-0.2, -0.15) is 5.10 Å². The molecule has 0 fully saturated rings. The summed E-state index contributed by atoms with van der Waals surface area (Å²) in [5.41, 5.74) is 4.31. The minimum absolute atomic E-state index is 0.140. The second kappa shape index (κ2) is 9.22. The molecule has 2 amide bonds. The summed E-state index contributed by atoms with van der Waals surface area (Å²) < 4.78 is 0. The molecule has 0 aromatic heterocycles. The molecular formula is C18H18Cl2N4O2. The van der Waals surface area contributed by atoms with Crippen LogP contribution in [0.25, 0.3) is 0 Å². The largest absolute Gasteiger partial charge is 0.355 e. The zero-order valence-electron chi connectivity index (χ0n) is 14.2. The van der Waals surface area contributed by atoms with Crippen molar-refractivity contribution in [2.75, 3.05) is 5.32 Å². The molecule has 8 heteroatoms. The monoisotopic (exact) mass is 392 g/mol. The number of carbonyl (C=O) groups excluding carboxylic acids is 2. The summed E-state index contributed by atoms with van der Waals surface area (Å²) >= 11 is 12.0. The van der Waals surface area contributed by atoms with E-state index in [4.69, 9.17) is 23.2 Å². The zero-order chi connectivity index (χ0) is 19.1. The third-order valence-corrected chi connectivity index (χ3v) is 3.58. The summed E-state index contributed by atoms with van der Waals surface area (Å²) in [6.45, 7) is 3.52. The Morgan fingerprint density at radius 2 is 1.77 bits per heavy atom. The predicted octanol–water partition coefficient (Wildman–Crippen LogP) is 3.71. The van der Waals surface area contributed by atoms with Crippen LogP contribution in [0.15, 0.2) is 47.6 Å². The zero-order valence-corrected chi connectivity index (χ0v) is 15.7. The highest BCUT2D eigenvalue weighted by Crippen LogP contribution is 2.24. The normalized spacial score (nSPS) is 10.8. The third-order valence-electron chi connectivity index (χ3n) is 3.11. The lowest BCUT2D eigenvalue weighted by Gasteiger charge is -2.10. The van der Waals surface area contributed by atoms with Gasteiger partial charge in [-0.25, -0.2) is 5.43 Å². The van der Waals surface area contributed by atoms with Crippen LogP contribution < -0.4 is 16.1 Å². The van der Waals surface area contributed by atoms with Gasteiger partial charge >= 0.3 is 11.8 Å². The molecule has 0 saturated carbocycles. The Labute approximate surface area is 161 Å². The Morgan fingerprint density at radius 1 is 1.04 bits per heavy atom. The lowest BCUT2D eigenvalue weighted by atomic mass is 10.2. The van der Waals surface area contributed by atoms with Crippen molar-refractivity contribution in [2.24, 2.45) is 5.10 Å². The maximum absolute atomic E-state index is 11.7. The van der Waals surface area contributed by atoms with Crippen LogP contribution in [0.4, 0.5) is 11.4 Å². The van der Waals surface area contributed by atoms with Gasteiger partial charge in [0.1, 0.15) is 0 Å². The first kappa shape index (κ1) is 19.8. The molecule has 2 rings (SSSR count). The molecule has 0 unspecified atom stereocenters. The van der Waals surface area contributed by atoms with Crippen LogP contribution in [0.3, 0.4) is 0 Å². The molecule has 0 bridgehead atoms. The Balaban J connectivity index is 2.12. The summed E-state index contributed by atoms with van der Waals surface area (Å²) in [6, 6.07) is 12.3. The summed E-state index contributed by atoms with van der Waals surface area (Å²) in [5, 5.41) is 10.6. The topological polar surface area (TPSA) is 82.6 Å². The molecule has 2 aromatic carbocycles. The van der Waals surface area contributed by atoms with Crippen LogP contribution >= 0.6 is 23.2 Å². The van der Waals surface area contributed by atoms with Gasteiger partial charge in [-0.1, -0.05) is 29.3 Å². The Morgan fingerprint density at radius 3 is 2.46 bits per heavy atom. The molecule has 26 heavy (non-hydrogen) atoms. The first-order valence-corrected chi connectivity index (χ1v) is 8.57. The van der Waals surface area contributed by atoms with Gasteiger partial charge in [0.2, 0.25) is 0 Å². The minimum Gasteiger partial charge on any atom is -0.355 e. The van der Waals surface area contributed by atoms with E-state index in [0.717, 1.165) is 5.69 Å². The van der Waals surface area contributed by atoms with Gasteiger partial charge in [0, 0.05) is 33.0 Å². The number of hydrogen-bond donors (Lipinski definition) is 3. The van der Waals surface area contributed by atoms with Crippen LogP contribution in [0.2, 0.25) is 10.0 Å². The number of nitrogens with one attached hydrogen (secondary N) is 3. The van der Waals surface area contributed by atoms with Crippen LogP contribution in [0.5, 0.6) is 0 Å². The molecule has 2 aromatic rings. The molecule has 0 saturated heterocycles. The highest BCUT2D eigenvalue weighted by Gasteiger charge is 2.13. The van der Waals surface area contributed by atoms with Gasteiger partial charge in [-0.3, -0.25) is 9.59 Å². The summed E-state index contributed by atoms with van der Waals surface area (Å²) in [5.74, 6) is -1.60. The van der Waals surface area contributed by atoms with Crippen molar-refractivity contribution >= 4 is 52.6 Å². The number of benzene rings is 2. The second-order valence-electron chi connectivity index (χ2n) is 5.69. The lowest BCUT2D eigenvalue weighted by molar-refractivity contribution is -0.139. The van der Waals surface area contributed by atoms with E-state index in [1.807, 2.05) is 12.1 Å². The summed E-state index contributed by atoms with van der Waals surface area (Å²) in [7, 11) is 0. The van der Waals surface area contributed by atoms with Crippen LogP contribution in [-0.4, -0.2) is 24.1 Å². The number of carbonyl (C=O) groups is 2. The fraction of sp³-hybridized carbons (Fsp3) is 0.167. The number of rotatable bonds is 5. The van der Waals surface area contributed by atoms with E-state index in [0.29, 0.717) is 21.3 Å². The average molecular weight is 393 g/mol. The Kier molecular flexibility index (Phi) is 7.00. The first-order valence-electron chi connectivity index (χ1n) is 7.81. The van der Waals surface area contributed by atoms with Crippen molar-refractivity contribution in [2.45, 2.75) is 19.9 Å². The SMILES string of the molecule is CC(C)NC(=O)C(=O)N/N=C\c1cc(Cl)ccc1Nc1cccc(Cl)c1. The van der Waals surface area contributed by atoms with E-state index in [-0.39, 0.29) is 6.04 Å². The van der Waals surface area contributed by atoms with Crippen molar-refractivity contribution in [3.8, 4) is 0 Å². The molecule has 0 aliphatic heterocycles. The summed E-state index contributed by atoms with van der Waals surface area (Å²) in [6.07, 6.45) is 1.40. The van der Waals surface area contributed by atoms with Crippen molar-refractivity contribution < 1.29 is 9.59 Å². The van der Waals surface area contributed by atoms with Crippen molar-refractivity contribution in [3.05, 3.63) is 58.1 Å². The van der Waals surface area contributed by atoms with Crippen molar-refractivity contribution in [1.29, 1.82) is 0 Å². The van der Waals surface area contributed by atoms with E-state index in [2.05, 4.69) is 21.2 Å². The number of anilines is 2. The maximum atomic E-state index is 11.7. The number of hydrogen-bond acceptors (Lipinski definition) is 4. The van der Waals surface area contributed by atoms with E-state index >= 15 is 0 Å². The summed E-state index contributed by atoms with van der Waals surface area (Å²) in [4.78, 5) is 23.2. The van der Waals surface area contributed by atoms with Gasteiger partial charge in [0.15, 0.2) is 0 Å². The molecule has 0 heterocycles. The van der Waals surface area contributed by atoms with E-state index in [1.54, 1.807) is 44.2 Å². The molecule has 6 nitrogen and oxygen atoms in total. The molecular weight excluding hydrogens is 375 g/mol. The van der Waals surface area contributed by atoms with E-state index < -0.39 is 11.8 Å². The molecule has 0 aliphatic rings. The maximum Gasteiger partial charge on any atom is 0.329 e. The standard InChI is InChI=1S/C18H18Cl2N4O2/c1-11(2)22-17(25)18(26)24-21-10-12-8-14(20)6-7-16(12)23-15-5-3-4-13(19)9-15/h3-11,23H,1-2H3,(H,22,25)(H,24,26)/b21-10-. The smallest absolute Gasteiger partial charge is 0.329 e. The fourth-order valence-electron chi connectivity index (χ4n) is 2.01. The molecule has 3 N–H and O–H groups in total. The highest BCUT2D eigenvalue weighted by molar-refractivity contribution is 6.35. The fourth-order valence-corrected chi connectivity index (χ4v) is 2.39. The number of halogens is 2. The molecule has 0 radical (unpaired) electrons. The van der Waals surface area contributed by atoms with E-state index in [9.17, 15) is 9.59 Å². The number of nitrogens with zero attached hydrogens (tertiary/aromatic N) is 1. The number of amides is 2. The second-order valence-corrected chi connectivity index (χ2v) is 6.57. The van der Waals surface area contributed by atoms with Gasteiger partial charge in [0.25, 0.3) is 0 Å². The van der Waals surface area contributed by atoms with Crippen LogP contribution in [0, 0.1) is 0 Å². The van der Waals surface area contributed by atoms with Gasteiger partial charge in [-0.05, 0) is 50.2 Å². The molecule has 0 aliphatic carbocycles. The van der Waals surface area contributed by atoms with Crippen LogP contribution in [-0.2, 0) is 9.59 Å². The molecule has 136 valence electrons. The van der Waals surface area contributed by atoms with Gasteiger partial charge in [0.05, 0.1) is 6.21 Å². The first-order chi connectivity index (χ1) is 12.3. The molecule has 0 atom stereocenters. The van der Waals surface area contributed by atoms with E-state index in [1.165, 1.54) is 6.21 Å². The lowest BCUT2D eigenvalue weighted by Crippen LogP contribution is -2.41.